The molecule has 0 spiro atoms. The van der Waals surface area contributed by atoms with E-state index in [4.69, 9.17) is 0 Å². The lowest BCUT2D eigenvalue weighted by atomic mass is 10.2. The Labute approximate surface area is 132 Å². The van der Waals surface area contributed by atoms with Gasteiger partial charge < -0.3 is 15.2 Å². The van der Waals surface area contributed by atoms with Crippen molar-refractivity contribution < 1.29 is 4.39 Å². The molecule has 118 valence electrons. The molecule has 1 atom stereocenters. The topological polar surface area (TPSA) is 69.7 Å². The highest BCUT2D eigenvalue weighted by atomic mass is 19.1. The van der Waals surface area contributed by atoms with Crippen molar-refractivity contribution in [1.82, 2.24) is 19.9 Å². The zero-order valence-corrected chi connectivity index (χ0v) is 12.5. The third-order valence-electron chi connectivity index (χ3n) is 4.22. The molecule has 1 unspecified atom stereocenters. The van der Waals surface area contributed by atoms with Crippen LogP contribution in [-0.4, -0.2) is 39.1 Å². The number of imidazole rings is 1. The Hall–Kier alpha value is -2.70. The predicted molar refractivity (Wildman–Crippen MR) is 86.9 cm³/mol. The van der Waals surface area contributed by atoms with Gasteiger partial charge in [-0.2, -0.15) is 0 Å². The minimum Gasteiger partial charge on any atom is -0.383 e. The lowest BCUT2D eigenvalue weighted by Crippen LogP contribution is -2.35. The molecule has 1 saturated heterocycles. The van der Waals surface area contributed by atoms with E-state index < -0.39 is 0 Å². The van der Waals surface area contributed by atoms with Gasteiger partial charge in [-0.1, -0.05) is 6.07 Å². The number of nitrogens with zero attached hydrogens (tertiary/aromatic N) is 4. The van der Waals surface area contributed by atoms with Crippen LogP contribution in [0.5, 0.6) is 0 Å². The highest BCUT2D eigenvalue weighted by Crippen LogP contribution is 2.28. The lowest BCUT2D eigenvalue weighted by Gasteiger charge is -2.26. The second-order valence-corrected chi connectivity index (χ2v) is 5.68. The SMILES string of the molecule is Fc1cccc(NCC2CCCN2c2ncnc3nc[nH]c23)c1. The van der Waals surface area contributed by atoms with Crippen molar-refractivity contribution in [3.8, 4) is 0 Å². The molecular weight excluding hydrogens is 295 g/mol. The van der Waals surface area contributed by atoms with Crippen LogP contribution < -0.4 is 10.2 Å². The molecule has 1 aromatic carbocycles. The molecule has 0 aliphatic carbocycles. The van der Waals surface area contributed by atoms with Gasteiger partial charge in [-0.05, 0) is 31.0 Å². The number of fused-ring (bicyclic) bond motifs is 1. The Morgan fingerprint density at radius 2 is 2.26 bits per heavy atom. The first-order chi connectivity index (χ1) is 11.3. The van der Waals surface area contributed by atoms with Gasteiger partial charge in [-0.25, -0.2) is 19.3 Å². The van der Waals surface area contributed by atoms with Gasteiger partial charge in [0.15, 0.2) is 11.5 Å². The van der Waals surface area contributed by atoms with E-state index in [1.807, 2.05) is 6.07 Å². The number of benzene rings is 1. The number of hydrogen-bond acceptors (Lipinski definition) is 5. The minimum absolute atomic E-state index is 0.228. The molecule has 1 aliphatic heterocycles. The van der Waals surface area contributed by atoms with Gasteiger partial charge in [0.1, 0.15) is 17.7 Å². The monoisotopic (exact) mass is 312 g/mol. The summed E-state index contributed by atoms with van der Waals surface area (Å²) < 4.78 is 13.3. The average Bonchev–Trinajstić information content (AvgIpc) is 3.21. The number of aromatic nitrogens is 4. The van der Waals surface area contributed by atoms with Crippen molar-refractivity contribution in [2.45, 2.75) is 18.9 Å². The van der Waals surface area contributed by atoms with E-state index in [2.05, 4.69) is 30.2 Å². The summed E-state index contributed by atoms with van der Waals surface area (Å²) in [6.45, 7) is 1.68. The maximum Gasteiger partial charge on any atom is 0.182 e. The van der Waals surface area contributed by atoms with Crippen LogP contribution in [0.25, 0.3) is 11.2 Å². The van der Waals surface area contributed by atoms with Crippen molar-refractivity contribution in [2.24, 2.45) is 0 Å². The van der Waals surface area contributed by atoms with Crippen molar-refractivity contribution >= 4 is 22.7 Å². The van der Waals surface area contributed by atoms with Crippen LogP contribution >= 0.6 is 0 Å². The Bertz CT molecular complexity index is 817. The number of anilines is 2. The van der Waals surface area contributed by atoms with Crippen molar-refractivity contribution in [2.75, 3.05) is 23.3 Å². The fourth-order valence-electron chi connectivity index (χ4n) is 3.13. The van der Waals surface area contributed by atoms with Crippen molar-refractivity contribution in [3.63, 3.8) is 0 Å². The average molecular weight is 312 g/mol. The first-order valence-corrected chi connectivity index (χ1v) is 7.71. The van der Waals surface area contributed by atoms with Gasteiger partial charge >= 0.3 is 0 Å². The third-order valence-corrected chi connectivity index (χ3v) is 4.22. The molecule has 2 aromatic heterocycles. The van der Waals surface area contributed by atoms with Crippen LogP contribution in [0.3, 0.4) is 0 Å². The molecule has 1 aliphatic rings. The molecular formula is C16H17FN6. The highest BCUT2D eigenvalue weighted by Gasteiger charge is 2.27. The van der Waals surface area contributed by atoms with Gasteiger partial charge in [-0.15, -0.1) is 0 Å². The number of aromatic amines is 1. The number of hydrogen-bond donors (Lipinski definition) is 2. The molecule has 0 radical (unpaired) electrons. The van der Waals surface area contributed by atoms with Gasteiger partial charge in [0, 0.05) is 24.8 Å². The lowest BCUT2D eigenvalue weighted by molar-refractivity contribution is 0.627. The minimum atomic E-state index is -0.228. The molecule has 4 rings (SSSR count). The molecule has 0 amide bonds. The number of halogens is 1. The maximum atomic E-state index is 13.3. The standard InChI is InChI=1S/C16H17FN6/c17-11-3-1-4-12(7-11)18-8-13-5-2-6-23(13)16-14-15(20-9-19-14)21-10-22-16/h1,3-4,7,9-10,13,18H,2,5-6,8H2,(H,19,20,21,22). The summed E-state index contributed by atoms with van der Waals surface area (Å²) in [6.07, 6.45) is 5.36. The number of nitrogens with one attached hydrogen (secondary N) is 2. The Morgan fingerprint density at radius 1 is 1.30 bits per heavy atom. The molecule has 6 nitrogen and oxygen atoms in total. The second kappa shape index (κ2) is 5.83. The van der Waals surface area contributed by atoms with Gasteiger partial charge in [-0.3, -0.25) is 0 Å². The van der Waals surface area contributed by atoms with E-state index in [0.717, 1.165) is 43.0 Å². The van der Waals surface area contributed by atoms with Gasteiger partial charge in [0.05, 0.1) is 6.33 Å². The Morgan fingerprint density at radius 3 is 3.17 bits per heavy atom. The van der Waals surface area contributed by atoms with Crippen LogP contribution in [0.4, 0.5) is 15.9 Å². The van der Waals surface area contributed by atoms with Crippen LogP contribution in [0.15, 0.2) is 36.9 Å². The quantitative estimate of drug-likeness (QED) is 0.775. The van der Waals surface area contributed by atoms with Crippen LogP contribution in [-0.2, 0) is 0 Å². The zero-order chi connectivity index (χ0) is 15.6. The van der Waals surface area contributed by atoms with Crippen molar-refractivity contribution in [1.29, 1.82) is 0 Å². The smallest absolute Gasteiger partial charge is 0.182 e. The molecule has 23 heavy (non-hydrogen) atoms. The maximum absolute atomic E-state index is 13.3. The normalized spacial score (nSPS) is 17.8. The van der Waals surface area contributed by atoms with Crippen LogP contribution in [0.2, 0.25) is 0 Å². The van der Waals surface area contributed by atoms with Gasteiger partial charge in [0.25, 0.3) is 0 Å². The van der Waals surface area contributed by atoms with Crippen LogP contribution in [0, 0.1) is 5.82 Å². The number of rotatable bonds is 4. The van der Waals surface area contributed by atoms with E-state index in [1.54, 1.807) is 18.7 Å². The first-order valence-electron chi connectivity index (χ1n) is 7.71. The van der Waals surface area contributed by atoms with E-state index in [9.17, 15) is 4.39 Å². The Kier molecular flexibility index (Phi) is 3.53. The Balaban J connectivity index is 1.54. The largest absolute Gasteiger partial charge is 0.383 e. The molecule has 3 aromatic rings. The first kappa shape index (κ1) is 13.9. The summed E-state index contributed by atoms with van der Waals surface area (Å²) in [6, 6.07) is 6.85. The third kappa shape index (κ3) is 2.69. The molecule has 0 bridgehead atoms. The molecule has 2 N–H and O–H groups in total. The summed E-state index contributed by atoms with van der Waals surface area (Å²) in [4.78, 5) is 18.2. The predicted octanol–water partition coefficient (Wildman–Crippen LogP) is 2.57. The molecule has 7 heteroatoms. The summed E-state index contributed by atoms with van der Waals surface area (Å²) in [7, 11) is 0. The summed E-state index contributed by atoms with van der Waals surface area (Å²) in [5.74, 6) is 0.657. The van der Waals surface area contributed by atoms with Crippen molar-refractivity contribution in [3.05, 3.63) is 42.7 Å². The molecule has 1 fully saturated rings. The van der Waals surface area contributed by atoms with E-state index >= 15 is 0 Å². The fraction of sp³-hybridized carbons (Fsp3) is 0.312. The van der Waals surface area contributed by atoms with Crippen LogP contribution in [0.1, 0.15) is 12.8 Å². The highest BCUT2D eigenvalue weighted by molar-refractivity contribution is 5.83. The molecule has 3 heterocycles. The van der Waals surface area contributed by atoms with E-state index in [1.165, 1.54) is 12.1 Å². The van der Waals surface area contributed by atoms with Gasteiger partial charge in [0.2, 0.25) is 0 Å². The second-order valence-electron chi connectivity index (χ2n) is 5.68. The summed E-state index contributed by atoms with van der Waals surface area (Å²) in [5.41, 5.74) is 2.34. The molecule has 0 saturated carbocycles. The summed E-state index contributed by atoms with van der Waals surface area (Å²) >= 11 is 0. The fourth-order valence-corrected chi connectivity index (χ4v) is 3.13. The number of H-pyrrole nitrogens is 1. The zero-order valence-electron chi connectivity index (χ0n) is 12.5. The van der Waals surface area contributed by atoms with E-state index in [-0.39, 0.29) is 5.82 Å². The summed E-state index contributed by atoms with van der Waals surface area (Å²) in [5, 5.41) is 3.32. The van der Waals surface area contributed by atoms with E-state index in [0.29, 0.717) is 11.7 Å².